The second-order valence-corrected chi connectivity index (χ2v) is 10.5. The van der Waals surface area contributed by atoms with Crippen molar-refractivity contribution in [3.63, 3.8) is 0 Å². The van der Waals surface area contributed by atoms with Crippen molar-refractivity contribution in [3.05, 3.63) is 114 Å². The van der Waals surface area contributed by atoms with Gasteiger partial charge in [-0.05, 0) is 54.1 Å². The Morgan fingerprint density at radius 3 is 2.28 bits per heavy atom. The molecular weight excluding hydrogens is 458 g/mol. The minimum atomic E-state index is 0.308. The zero-order valence-electron chi connectivity index (χ0n) is 21.7. The molecule has 1 unspecified atom stereocenters. The lowest BCUT2D eigenvalue weighted by Crippen LogP contribution is -2.22. The molecule has 2 aliphatic heterocycles. The third-order valence-electron chi connectivity index (χ3n) is 7.21. The summed E-state index contributed by atoms with van der Waals surface area (Å²) in [5.41, 5.74) is 8.88. The zero-order valence-corrected chi connectivity index (χ0v) is 22.5. The number of likely N-dealkylation sites (N-methyl/N-ethyl adjacent to an activating group) is 1. The van der Waals surface area contributed by atoms with Crippen LogP contribution in [0.3, 0.4) is 0 Å². The van der Waals surface area contributed by atoms with Crippen molar-refractivity contribution in [2.75, 3.05) is 37.0 Å². The summed E-state index contributed by atoms with van der Waals surface area (Å²) in [7, 11) is 4.34. The number of benzene rings is 3. The number of fused-ring (bicyclic) bond motifs is 2. The van der Waals surface area contributed by atoms with Crippen molar-refractivity contribution in [2.24, 2.45) is 0 Å². The van der Waals surface area contributed by atoms with Gasteiger partial charge in [0.05, 0.1) is 11.1 Å². The maximum Gasteiger partial charge on any atom is 0.0982 e. The van der Waals surface area contributed by atoms with Crippen LogP contribution in [-0.2, 0) is 6.54 Å². The highest BCUT2D eigenvalue weighted by Gasteiger charge is 2.24. The Bertz CT molecular complexity index is 1300. The van der Waals surface area contributed by atoms with Gasteiger partial charge in [0.25, 0.3) is 0 Å². The highest BCUT2D eigenvalue weighted by molar-refractivity contribution is 8.00. The van der Waals surface area contributed by atoms with Crippen LogP contribution in [-0.4, -0.2) is 37.5 Å². The smallest absolute Gasteiger partial charge is 0.0982 e. The van der Waals surface area contributed by atoms with Gasteiger partial charge in [-0.25, -0.2) is 0 Å². The quantitative estimate of drug-likeness (QED) is 0.336. The van der Waals surface area contributed by atoms with E-state index in [1.807, 2.05) is 11.8 Å². The summed E-state index contributed by atoms with van der Waals surface area (Å²) in [5.74, 6) is 0. The summed E-state index contributed by atoms with van der Waals surface area (Å²) >= 11 is 1.91. The number of thioether (sulfide) groups is 1. The van der Waals surface area contributed by atoms with Gasteiger partial charge in [0, 0.05) is 42.5 Å². The van der Waals surface area contributed by atoms with Crippen LogP contribution < -0.4 is 9.80 Å². The highest BCUT2D eigenvalue weighted by Crippen LogP contribution is 2.43. The summed E-state index contributed by atoms with van der Waals surface area (Å²) in [6.45, 7) is 7.60. The van der Waals surface area contributed by atoms with E-state index in [2.05, 4.69) is 140 Å². The van der Waals surface area contributed by atoms with Crippen LogP contribution in [0.2, 0.25) is 0 Å². The largest absolute Gasteiger partial charge is 0.358 e. The maximum absolute atomic E-state index is 2.45. The van der Waals surface area contributed by atoms with Crippen molar-refractivity contribution in [1.29, 1.82) is 0 Å². The molecule has 0 amide bonds. The van der Waals surface area contributed by atoms with Gasteiger partial charge in [-0.15, -0.1) is 0 Å². The van der Waals surface area contributed by atoms with Crippen molar-refractivity contribution in [3.8, 4) is 0 Å². The van der Waals surface area contributed by atoms with E-state index in [1.165, 1.54) is 44.2 Å². The number of para-hydroxylation sites is 2. The molecule has 0 fully saturated rings. The van der Waals surface area contributed by atoms with Crippen LogP contribution in [0.15, 0.2) is 102 Å². The molecule has 0 aliphatic carbocycles. The number of anilines is 2. The number of hydrogen-bond donors (Lipinski definition) is 0. The monoisotopic (exact) mass is 493 g/mol. The molecule has 5 rings (SSSR count). The molecular formula is C32H35N3S. The van der Waals surface area contributed by atoms with Gasteiger partial charge in [0.15, 0.2) is 0 Å². The van der Waals surface area contributed by atoms with Crippen molar-refractivity contribution in [2.45, 2.75) is 30.7 Å². The minimum Gasteiger partial charge on any atom is -0.358 e. The van der Waals surface area contributed by atoms with E-state index in [4.69, 9.17) is 0 Å². The average molecular weight is 494 g/mol. The number of allylic oxidation sites excluding steroid dienone is 4. The van der Waals surface area contributed by atoms with E-state index in [1.54, 1.807) is 0 Å². The topological polar surface area (TPSA) is 9.72 Å². The van der Waals surface area contributed by atoms with Gasteiger partial charge in [-0.3, -0.25) is 4.90 Å². The van der Waals surface area contributed by atoms with Gasteiger partial charge in [-0.2, -0.15) is 0 Å². The second kappa shape index (κ2) is 10.8. The summed E-state index contributed by atoms with van der Waals surface area (Å²) in [5, 5.41) is 0.308. The molecule has 0 radical (unpaired) electrons. The molecule has 0 N–H and O–H groups in total. The Hall–Kier alpha value is -3.21. The molecule has 0 bridgehead atoms. The third-order valence-corrected chi connectivity index (χ3v) is 8.52. The Morgan fingerprint density at radius 2 is 1.56 bits per heavy atom. The van der Waals surface area contributed by atoms with E-state index in [0.717, 1.165) is 19.6 Å². The summed E-state index contributed by atoms with van der Waals surface area (Å²) in [6.07, 6.45) is 9.11. The van der Waals surface area contributed by atoms with E-state index in [9.17, 15) is 0 Å². The zero-order chi connectivity index (χ0) is 25.1. The van der Waals surface area contributed by atoms with E-state index < -0.39 is 0 Å². The maximum atomic E-state index is 2.45. The molecule has 4 heteroatoms. The van der Waals surface area contributed by atoms with Gasteiger partial charge in [-0.1, -0.05) is 98.4 Å². The lowest BCUT2D eigenvalue weighted by molar-refractivity contribution is 0.296. The molecule has 3 nitrogen and oxygen atoms in total. The lowest BCUT2D eigenvalue weighted by atomic mass is 9.94. The predicted molar refractivity (Wildman–Crippen MR) is 157 cm³/mol. The van der Waals surface area contributed by atoms with Crippen molar-refractivity contribution < 1.29 is 0 Å². The number of hydrogen-bond acceptors (Lipinski definition) is 4. The molecule has 3 aromatic carbocycles. The van der Waals surface area contributed by atoms with Crippen LogP contribution in [0.4, 0.5) is 11.4 Å². The van der Waals surface area contributed by atoms with Gasteiger partial charge in [0.2, 0.25) is 0 Å². The SMILES string of the molecule is CCN(CC)Cc1ccc(C2=C/C(=C/C=C/C3Sc4ccccc4N3C)c3ccccc3N2C)cc1. The van der Waals surface area contributed by atoms with Crippen LogP contribution >= 0.6 is 11.8 Å². The van der Waals surface area contributed by atoms with Gasteiger partial charge < -0.3 is 9.80 Å². The summed E-state index contributed by atoms with van der Waals surface area (Å²) < 4.78 is 0. The highest BCUT2D eigenvalue weighted by atomic mass is 32.2. The molecule has 0 aromatic heterocycles. The first kappa shape index (κ1) is 24.5. The first-order valence-corrected chi connectivity index (χ1v) is 13.7. The first-order chi connectivity index (χ1) is 17.6. The third kappa shape index (κ3) is 4.88. The molecule has 0 saturated heterocycles. The first-order valence-electron chi connectivity index (χ1n) is 12.8. The number of rotatable bonds is 7. The molecule has 0 spiro atoms. The van der Waals surface area contributed by atoms with E-state index >= 15 is 0 Å². The standard InChI is InChI=1S/C32H35N3S/c1-5-35(6-2)23-24-18-20-25(21-19-24)30-22-26(27-13-7-8-14-28(27)33(30)3)12-11-17-32-34(4)29-15-9-10-16-31(29)36-32/h7-22,32H,5-6,23H2,1-4H3/b17-11+,26-12-. The van der Waals surface area contributed by atoms with Crippen molar-refractivity contribution in [1.82, 2.24) is 4.90 Å². The molecule has 36 heavy (non-hydrogen) atoms. The van der Waals surface area contributed by atoms with Gasteiger partial charge in [0.1, 0.15) is 0 Å². The summed E-state index contributed by atoms with van der Waals surface area (Å²) in [4.78, 5) is 8.45. The molecule has 2 aliphatic rings. The van der Waals surface area contributed by atoms with E-state index in [0.29, 0.717) is 5.37 Å². The molecule has 0 saturated carbocycles. The molecule has 3 aromatic rings. The van der Waals surface area contributed by atoms with Crippen LogP contribution in [0.25, 0.3) is 11.3 Å². The number of nitrogens with zero attached hydrogens (tertiary/aromatic N) is 3. The Balaban J connectivity index is 1.42. The van der Waals surface area contributed by atoms with Crippen LogP contribution in [0.1, 0.15) is 30.5 Å². The lowest BCUT2D eigenvalue weighted by Gasteiger charge is -2.30. The van der Waals surface area contributed by atoms with Crippen LogP contribution in [0, 0.1) is 0 Å². The van der Waals surface area contributed by atoms with Crippen LogP contribution in [0.5, 0.6) is 0 Å². The molecule has 184 valence electrons. The Morgan fingerprint density at radius 1 is 0.861 bits per heavy atom. The predicted octanol–water partition coefficient (Wildman–Crippen LogP) is 7.53. The fraction of sp³-hybridized carbons (Fsp3) is 0.250. The molecule has 1 atom stereocenters. The summed E-state index contributed by atoms with van der Waals surface area (Å²) in [6, 6.07) is 26.4. The fourth-order valence-electron chi connectivity index (χ4n) is 4.98. The van der Waals surface area contributed by atoms with Gasteiger partial charge >= 0.3 is 0 Å². The van der Waals surface area contributed by atoms with Crippen molar-refractivity contribution >= 4 is 34.4 Å². The van der Waals surface area contributed by atoms with E-state index in [-0.39, 0.29) is 0 Å². The second-order valence-electron chi connectivity index (χ2n) is 9.36. The fourth-order valence-corrected chi connectivity index (χ4v) is 6.17. The Kier molecular flexibility index (Phi) is 7.35. The molecule has 2 heterocycles. The average Bonchev–Trinajstić information content (AvgIpc) is 3.24. The Labute approximate surface area is 220 Å². The normalized spacial score (nSPS) is 18.2. The minimum absolute atomic E-state index is 0.308.